The maximum absolute atomic E-state index is 2.50. The van der Waals surface area contributed by atoms with Crippen LogP contribution in [0.15, 0.2) is 146 Å². The Kier molecular flexibility index (Phi) is 5.43. The van der Waals surface area contributed by atoms with Crippen LogP contribution in [-0.2, 0) is 0 Å². The van der Waals surface area contributed by atoms with Gasteiger partial charge in [-0.3, -0.25) is 0 Å². The van der Waals surface area contributed by atoms with Crippen molar-refractivity contribution < 1.29 is 0 Å². The lowest BCUT2D eigenvalue weighted by atomic mass is 9.82. The smallest absolute Gasteiger partial charge is 0.00260 e. The van der Waals surface area contributed by atoms with Crippen LogP contribution in [0, 0.1) is 13.8 Å². The molecule has 0 radical (unpaired) electrons. The second-order valence-electron chi connectivity index (χ2n) is 12.2. The Hall–Kier alpha value is -5.46. The zero-order chi connectivity index (χ0) is 29.4. The molecule has 0 bridgehead atoms. The van der Waals surface area contributed by atoms with E-state index >= 15 is 0 Å². The lowest BCUT2D eigenvalue weighted by Gasteiger charge is -2.21. The van der Waals surface area contributed by atoms with E-state index in [2.05, 4.69) is 159 Å². The molecular weight excluding hydrogens is 528 g/mol. The monoisotopic (exact) mass is 558 g/mol. The van der Waals surface area contributed by atoms with Crippen molar-refractivity contribution in [2.45, 2.75) is 13.8 Å². The third kappa shape index (κ3) is 3.64. The Morgan fingerprint density at radius 1 is 0.273 bits per heavy atom. The Morgan fingerprint density at radius 3 is 1.09 bits per heavy atom. The molecule has 9 rings (SSSR count). The van der Waals surface area contributed by atoms with Crippen molar-refractivity contribution in [3.8, 4) is 22.3 Å². The molecule has 0 heteroatoms. The van der Waals surface area contributed by atoms with Gasteiger partial charge in [-0.15, -0.1) is 0 Å². The molecule has 0 heterocycles. The highest BCUT2D eigenvalue weighted by molar-refractivity contribution is 6.32. The lowest BCUT2D eigenvalue weighted by molar-refractivity contribution is 1.37. The summed E-state index contributed by atoms with van der Waals surface area (Å²) in [6.45, 7) is 4.47. The molecule has 0 saturated heterocycles. The van der Waals surface area contributed by atoms with Gasteiger partial charge in [-0.05, 0) is 136 Å². The first kappa shape index (κ1) is 25.1. The topological polar surface area (TPSA) is 0 Å². The Labute approximate surface area is 256 Å². The fraction of sp³-hybridized carbons (Fsp3) is 0.0455. The quantitative estimate of drug-likeness (QED) is 0.146. The maximum atomic E-state index is 2.50. The van der Waals surface area contributed by atoms with E-state index in [9.17, 15) is 0 Å². The number of hydrogen-bond donors (Lipinski definition) is 0. The van der Waals surface area contributed by atoms with E-state index in [1.165, 1.54) is 98.0 Å². The summed E-state index contributed by atoms with van der Waals surface area (Å²) < 4.78 is 0. The third-order valence-electron chi connectivity index (χ3n) is 9.68. The van der Waals surface area contributed by atoms with E-state index in [4.69, 9.17) is 0 Å². The first-order chi connectivity index (χ1) is 21.7. The van der Waals surface area contributed by atoms with Crippen molar-refractivity contribution in [2.75, 3.05) is 0 Å². The first-order valence-electron chi connectivity index (χ1n) is 15.4. The fourth-order valence-electron chi connectivity index (χ4n) is 7.45. The predicted octanol–water partition coefficient (Wildman–Crippen LogP) is 12.6. The molecule has 0 aliphatic rings. The molecule has 9 aromatic rings. The second-order valence-corrected chi connectivity index (χ2v) is 12.2. The van der Waals surface area contributed by atoms with Crippen molar-refractivity contribution >= 4 is 64.6 Å². The molecule has 0 atom stereocenters. The Balaban J connectivity index is 1.59. The Morgan fingerprint density at radius 2 is 0.614 bits per heavy atom. The van der Waals surface area contributed by atoms with Crippen LogP contribution in [-0.4, -0.2) is 0 Å². The van der Waals surface area contributed by atoms with Crippen LogP contribution < -0.4 is 0 Å². The summed E-state index contributed by atoms with van der Waals surface area (Å²) in [5.74, 6) is 0. The van der Waals surface area contributed by atoms with Crippen LogP contribution in [0.5, 0.6) is 0 Å². The van der Waals surface area contributed by atoms with Gasteiger partial charge in [-0.2, -0.15) is 0 Å². The van der Waals surface area contributed by atoms with Gasteiger partial charge < -0.3 is 0 Å². The molecule has 0 aromatic heterocycles. The zero-order valence-electron chi connectivity index (χ0n) is 24.9. The highest BCUT2D eigenvalue weighted by Gasteiger charge is 2.20. The number of benzene rings is 9. The minimum Gasteiger partial charge on any atom is -0.0622 e. The van der Waals surface area contributed by atoms with Gasteiger partial charge in [0.15, 0.2) is 0 Å². The maximum Gasteiger partial charge on any atom is -0.00260 e. The summed E-state index contributed by atoms with van der Waals surface area (Å²) in [4.78, 5) is 0. The molecule has 0 aliphatic carbocycles. The molecule has 206 valence electrons. The van der Waals surface area contributed by atoms with E-state index in [0.29, 0.717) is 0 Å². The summed E-state index contributed by atoms with van der Waals surface area (Å²) in [5.41, 5.74) is 7.75. The number of rotatable bonds is 2. The van der Waals surface area contributed by atoms with Gasteiger partial charge in [0, 0.05) is 0 Å². The summed E-state index contributed by atoms with van der Waals surface area (Å²) >= 11 is 0. The first-order valence-corrected chi connectivity index (χ1v) is 15.4. The van der Waals surface area contributed by atoms with Crippen LogP contribution >= 0.6 is 0 Å². The lowest BCUT2D eigenvalue weighted by Crippen LogP contribution is -1.94. The molecule has 0 fully saturated rings. The van der Waals surface area contributed by atoms with Crippen LogP contribution in [0.25, 0.3) is 86.9 Å². The van der Waals surface area contributed by atoms with Gasteiger partial charge in [0.25, 0.3) is 0 Å². The van der Waals surface area contributed by atoms with Crippen LogP contribution in [0.1, 0.15) is 11.1 Å². The molecule has 0 N–H and O–H groups in total. The van der Waals surface area contributed by atoms with E-state index in [1.807, 2.05) is 0 Å². The average molecular weight is 559 g/mol. The summed E-state index contributed by atoms with van der Waals surface area (Å²) in [6.07, 6.45) is 0. The third-order valence-corrected chi connectivity index (χ3v) is 9.68. The van der Waals surface area contributed by atoms with Gasteiger partial charge in [0.1, 0.15) is 0 Å². The van der Waals surface area contributed by atoms with Gasteiger partial charge in [0.05, 0.1) is 0 Å². The van der Waals surface area contributed by atoms with Crippen molar-refractivity contribution in [1.82, 2.24) is 0 Å². The zero-order valence-corrected chi connectivity index (χ0v) is 24.9. The van der Waals surface area contributed by atoms with Gasteiger partial charge in [-0.25, -0.2) is 0 Å². The normalized spacial score (nSPS) is 11.9. The van der Waals surface area contributed by atoms with Crippen LogP contribution in [0.4, 0.5) is 0 Å². The minimum absolute atomic E-state index is 1.25. The van der Waals surface area contributed by atoms with Crippen LogP contribution in [0.3, 0.4) is 0 Å². The molecule has 0 nitrogen and oxygen atoms in total. The number of hydrogen-bond acceptors (Lipinski definition) is 0. The highest BCUT2D eigenvalue weighted by atomic mass is 14.2. The molecule has 0 spiro atoms. The van der Waals surface area contributed by atoms with Crippen molar-refractivity contribution in [2.24, 2.45) is 0 Å². The van der Waals surface area contributed by atoms with Gasteiger partial charge >= 0.3 is 0 Å². The van der Waals surface area contributed by atoms with Crippen LogP contribution in [0.2, 0.25) is 0 Å². The number of aryl methyl sites for hydroxylation is 2. The van der Waals surface area contributed by atoms with Gasteiger partial charge in [0.2, 0.25) is 0 Å². The number of fused-ring (bicyclic) bond motifs is 9. The van der Waals surface area contributed by atoms with Gasteiger partial charge in [-0.1, -0.05) is 121 Å². The SMILES string of the molecule is Cc1cc2c(-c3ccccc3)c3cc4c5ccccc5c5cc6ccccc6cc5c4cc3c(-c3ccccc3)c2cc1C. The van der Waals surface area contributed by atoms with E-state index in [1.54, 1.807) is 0 Å². The molecular formula is C44H30. The second kappa shape index (κ2) is 9.53. The standard InChI is InChI=1S/C44H30/c1-27-21-39-40(22-28(27)2)44(30-15-7-4-8-16-30)42-26-38-36-24-32-18-10-9-17-31(32)23-35(36)33-19-11-12-20-34(33)37(38)25-41(42)43(39)29-13-5-3-6-14-29/h3-26H,1-2H3. The summed E-state index contributed by atoms with van der Waals surface area (Å²) in [5, 5.41) is 15.6. The fourth-order valence-corrected chi connectivity index (χ4v) is 7.45. The molecule has 0 amide bonds. The highest BCUT2D eigenvalue weighted by Crippen LogP contribution is 2.47. The molecule has 44 heavy (non-hydrogen) atoms. The van der Waals surface area contributed by atoms with E-state index in [-0.39, 0.29) is 0 Å². The average Bonchev–Trinajstić information content (AvgIpc) is 3.07. The molecule has 9 aromatic carbocycles. The predicted molar refractivity (Wildman–Crippen MR) is 192 cm³/mol. The van der Waals surface area contributed by atoms with Crippen molar-refractivity contribution in [3.63, 3.8) is 0 Å². The summed E-state index contributed by atoms with van der Waals surface area (Å²) in [7, 11) is 0. The Bertz CT molecular complexity index is 2590. The van der Waals surface area contributed by atoms with E-state index < -0.39 is 0 Å². The molecule has 0 saturated carbocycles. The van der Waals surface area contributed by atoms with E-state index in [0.717, 1.165) is 0 Å². The molecule has 0 aliphatic heterocycles. The largest absolute Gasteiger partial charge is 0.0622 e. The van der Waals surface area contributed by atoms with Crippen molar-refractivity contribution in [1.29, 1.82) is 0 Å². The minimum atomic E-state index is 1.25. The van der Waals surface area contributed by atoms with Crippen molar-refractivity contribution in [3.05, 3.63) is 157 Å². The molecule has 0 unspecified atom stereocenters. The summed E-state index contributed by atoms with van der Waals surface area (Å²) in [6, 6.07) is 54.2.